The molecular weight excluding hydrogens is 460 g/mol. The average molecular weight is 489 g/mol. The highest BCUT2D eigenvalue weighted by atomic mass is 19.4. The van der Waals surface area contributed by atoms with Crippen molar-refractivity contribution in [3.05, 3.63) is 64.8 Å². The lowest BCUT2D eigenvalue weighted by molar-refractivity contribution is -0.186. The molecule has 0 unspecified atom stereocenters. The summed E-state index contributed by atoms with van der Waals surface area (Å²) >= 11 is 0. The summed E-state index contributed by atoms with van der Waals surface area (Å²) in [6, 6.07) is 4.55. The SMILES string of the molecule is CCNC(=O)N[C@H]1[C@H](C(F)(F)F)CC=C2[C@@H]1CCC1=Cc3c(cnn3-c3ccc(F)cc3)C[C@@]12C. The number of hydrogen-bond donors (Lipinski definition) is 2. The van der Waals surface area contributed by atoms with Crippen molar-refractivity contribution in [2.24, 2.45) is 17.3 Å². The van der Waals surface area contributed by atoms with E-state index in [4.69, 9.17) is 0 Å². The lowest BCUT2D eigenvalue weighted by Crippen LogP contribution is -2.57. The van der Waals surface area contributed by atoms with Crippen molar-refractivity contribution in [3.63, 3.8) is 0 Å². The Morgan fingerprint density at radius 3 is 2.69 bits per heavy atom. The van der Waals surface area contributed by atoms with Crippen LogP contribution in [0.15, 0.2) is 47.7 Å². The molecule has 5 nitrogen and oxygen atoms in total. The number of halogens is 4. The number of allylic oxidation sites excluding steroid dienone is 2. The second kappa shape index (κ2) is 8.53. The quantitative estimate of drug-likeness (QED) is 0.439. The van der Waals surface area contributed by atoms with Gasteiger partial charge in [0.2, 0.25) is 0 Å². The van der Waals surface area contributed by atoms with Crippen LogP contribution >= 0.6 is 0 Å². The molecule has 0 spiro atoms. The molecule has 2 aromatic rings. The molecule has 0 radical (unpaired) electrons. The number of rotatable bonds is 3. The summed E-state index contributed by atoms with van der Waals surface area (Å²) in [7, 11) is 0. The van der Waals surface area contributed by atoms with Crippen molar-refractivity contribution in [1.82, 2.24) is 20.4 Å². The molecule has 1 aromatic carbocycles. The van der Waals surface area contributed by atoms with Crippen molar-refractivity contribution < 1.29 is 22.4 Å². The van der Waals surface area contributed by atoms with E-state index in [9.17, 15) is 22.4 Å². The molecule has 0 bridgehead atoms. The standard InChI is InChI=1S/C26H28F4N4O/c1-3-31-24(35)33-23-19-9-4-16-12-22-15(14-32-34(22)18-7-5-17(27)6-8-18)13-25(16,2)20(19)10-11-21(23)26(28,29)30/h5-8,10,12,14,19,21,23H,3-4,9,11,13H2,1-2H3,(H2,31,33,35)/t19-,21+,23+,25-/m0/s1. The molecule has 9 heteroatoms. The third-order valence-electron chi connectivity index (χ3n) is 7.80. The van der Waals surface area contributed by atoms with E-state index in [2.05, 4.69) is 28.7 Å². The smallest absolute Gasteiger partial charge is 0.338 e. The van der Waals surface area contributed by atoms with Gasteiger partial charge < -0.3 is 10.6 Å². The highest BCUT2D eigenvalue weighted by molar-refractivity contribution is 5.74. The Labute approximate surface area is 201 Å². The summed E-state index contributed by atoms with van der Waals surface area (Å²) in [5, 5.41) is 9.76. The lowest BCUT2D eigenvalue weighted by Gasteiger charge is -2.51. The molecule has 0 saturated heterocycles. The van der Waals surface area contributed by atoms with Gasteiger partial charge in [0.1, 0.15) is 5.82 Å². The molecule has 2 amide bonds. The Morgan fingerprint density at radius 2 is 2.00 bits per heavy atom. The van der Waals surface area contributed by atoms with Crippen molar-refractivity contribution in [2.45, 2.75) is 51.7 Å². The largest absolute Gasteiger partial charge is 0.394 e. The van der Waals surface area contributed by atoms with Crippen molar-refractivity contribution in [2.75, 3.05) is 6.54 Å². The third-order valence-corrected chi connectivity index (χ3v) is 7.80. The van der Waals surface area contributed by atoms with Crippen molar-refractivity contribution >= 4 is 12.1 Å². The molecule has 1 heterocycles. The van der Waals surface area contributed by atoms with E-state index in [-0.39, 0.29) is 12.2 Å². The Morgan fingerprint density at radius 1 is 1.26 bits per heavy atom. The minimum absolute atomic E-state index is 0.156. The van der Waals surface area contributed by atoms with E-state index in [1.165, 1.54) is 12.1 Å². The fourth-order valence-electron chi connectivity index (χ4n) is 6.13. The summed E-state index contributed by atoms with van der Waals surface area (Å²) < 4.78 is 57.0. The van der Waals surface area contributed by atoms with Gasteiger partial charge in [-0.15, -0.1) is 0 Å². The first kappa shape index (κ1) is 23.6. The number of carbonyl (C=O) groups excluding carboxylic acids is 1. The molecule has 186 valence electrons. The number of benzene rings is 1. The molecule has 4 atom stereocenters. The van der Waals surface area contributed by atoms with Gasteiger partial charge in [-0.05, 0) is 68.5 Å². The maximum Gasteiger partial charge on any atom is 0.394 e. The van der Waals surface area contributed by atoms with Crippen LogP contribution in [0.3, 0.4) is 0 Å². The summed E-state index contributed by atoms with van der Waals surface area (Å²) in [6.07, 6.45) is 2.85. The Bertz CT molecular complexity index is 1200. The number of amides is 2. The lowest BCUT2D eigenvalue weighted by atomic mass is 9.55. The third kappa shape index (κ3) is 4.04. The summed E-state index contributed by atoms with van der Waals surface area (Å²) in [4.78, 5) is 12.3. The number of hydrogen-bond acceptors (Lipinski definition) is 2. The van der Waals surface area contributed by atoms with Crippen molar-refractivity contribution in [1.29, 1.82) is 0 Å². The highest BCUT2D eigenvalue weighted by Gasteiger charge is 2.54. The van der Waals surface area contributed by atoms with Gasteiger partial charge in [-0.1, -0.05) is 24.1 Å². The highest BCUT2D eigenvalue weighted by Crippen LogP contribution is 2.57. The van der Waals surface area contributed by atoms with Crippen LogP contribution < -0.4 is 10.6 Å². The molecular formula is C26H28F4N4O. The summed E-state index contributed by atoms with van der Waals surface area (Å²) in [5.74, 6) is -2.33. The van der Waals surface area contributed by atoms with Gasteiger partial charge >= 0.3 is 12.2 Å². The minimum atomic E-state index is -4.40. The first-order valence-electron chi connectivity index (χ1n) is 12.0. The van der Waals surface area contributed by atoms with E-state index in [1.807, 2.05) is 0 Å². The predicted octanol–water partition coefficient (Wildman–Crippen LogP) is 5.56. The first-order chi connectivity index (χ1) is 16.6. The monoisotopic (exact) mass is 488 g/mol. The Hall–Kier alpha value is -3.10. The molecule has 1 aromatic heterocycles. The number of nitrogens with one attached hydrogen (secondary N) is 2. The van der Waals surface area contributed by atoms with Gasteiger partial charge in [-0.3, -0.25) is 0 Å². The molecule has 1 fully saturated rings. The second-order valence-electron chi connectivity index (χ2n) is 9.84. The predicted molar refractivity (Wildman–Crippen MR) is 124 cm³/mol. The van der Waals surface area contributed by atoms with Crippen LogP contribution in [0, 0.1) is 23.1 Å². The van der Waals surface area contributed by atoms with Crippen LogP contribution in [-0.4, -0.2) is 34.6 Å². The molecule has 3 aliphatic carbocycles. The van der Waals surface area contributed by atoms with Crippen LogP contribution in [0.2, 0.25) is 0 Å². The molecule has 1 saturated carbocycles. The van der Waals surface area contributed by atoms with Crippen LogP contribution in [0.4, 0.5) is 22.4 Å². The molecule has 2 N–H and O–H groups in total. The number of urea groups is 1. The molecule has 35 heavy (non-hydrogen) atoms. The summed E-state index contributed by atoms with van der Waals surface area (Å²) in [6.45, 7) is 4.16. The van der Waals surface area contributed by atoms with Gasteiger partial charge in [0.05, 0.1) is 23.5 Å². The number of alkyl halides is 3. The second-order valence-corrected chi connectivity index (χ2v) is 9.84. The number of carbonyl (C=O) groups is 1. The topological polar surface area (TPSA) is 59.0 Å². The molecule has 3 aliphatic rings. The van der Waals surface area contributed by atoms with Crippen molar-refractivity contribution in [3.8, 4) is 5.69 Å². The Kier molecular flexibility index (Phi) is 5.76. The van der Waals surface area contributed by atoms with Crippen LogP contribution in [0.1, 0.15) is 44.4 Å². The van der Waals surface area contributed by atoms with Gasteiger partial charge in [-0.2, -0.15) is 18.3 Å². The van der Waals surface area contributed by atoms with Crippen LogP contribution in [0.25, 0.3) is 11.8 Å². The summed E-state index contributed by atoms with van der Waals surface area (Å²) in [5.41, 5.74) is 4.34. The van der Waals surface area contributed by atoms with Gasteiger partial charge in [0.15, 0.2) is 0 Å². The minimum Gasteiger partial charge on any atom is -0.338 e. The number of nitrogens with zero attached hydrogens (tertiary/aromatic N) is 2. The van der Waals surface area contributed by atoms with E-state index >= 15 is 0 Å². The average Bonchev–Trinajstić information content (AvgIpc) is 3.19. The van der Waals surface area contributed by atoms with E-state index < -0.39 is 35.5 Å². The maximum absolute atomic E-state index is 14.0. The number of fused-ring (bicyclic) bond motifs is 4. The van der Waals surface area contributed by atoms with Gasteiger partial charge in [0, 0.05) is 23.9 Å². The number of aromatic nitrogens is 2. The van der Waals surface area contributed by atoms with Crippen LogP contribution in [-0.2, 0) is 6.42 Å². The Balaban J connectivity index is 1.51. The van der Waals surface area contributed by atoms with Crippen LogP contribution in [0.5, 0.6) is 0 Å². The fraction of sp³-hybridized carbons (Fsp3) is 0.462. The van der Waals surface area contributed by atoms with E-state index in [0.29, 0.717) is 25.8 Å². The zero-order chi connectivity index (χ0) is 25.0. The van der Waals surface area contributed by atoms with E-state index in [1.54, 1.807) is 36.0 Å². The zero-order valence-electron chi connectivity index (χ0n) is 19.6. The first-order valence-corrected chi connectivity index (χ1v) is 12.0. The zero-order valence-corrected chi connectivity index (χ0v) is 19.6. The van der Waals surface area contributed by atoms with E-state index in [0.717, 1.165) is 28.1 Å². The van der Waals surface area contributed by atoms with Gasteiger partial charge in [-0.25, -0.2) is 13.9 Å². The van der Waals surface area contributed by atoms with Gasteiger partial charge in [0.25, 0.3) is 0 Å². The molecule has 5 rings (SSSR count). The fourth-order valence-corrected chi connectivity index (χ4v) is 6.13. The maximum atomic E-state index is 14.0. The normalized spacial score (nSPS) is 27.7. The molecule has 0 aliphatic heterocycles.